The van der Waals surface area contributed by atoms with Crippen molar-refractivity contribution in [3.05, 3.63) is 23.8 Å². The second-order valence-corrected chi connectivity index (χ2v) is 8.61. The van der Waals surface area contributed by atoms with Crippen molar-refractivity contribution >= 4 is 11.9 Å². The van der Waals surface area contributed by atoms with Gasteiger partial charge in [-0.2, -0.15) is 0 Å². The molecular weight excluding hydrogens is 380 g/mol. The average Bonchev–Trinajstić information content (AvgIpc) is 2.79. The lowest BCUT2D eigenvalue weighted by atomic mass is 9.65. The molecule has 3 rings (SSSR count). The van der Waals surface area contributed by atoms with Gasteiger partial charge in [-0.25, -0.2) is 0 Å². The maximum absolute atomic E-state index is 13.8. The molecule has 5 nitrogen and oxygen atoms in total. The minimum absolute atomic E-state index is 0.114. The molecule has 0 spiro atoms. The number of fused-ring (bicyclic) bond motifs is 1. The maximum Gasteiger partial charge on any atom is 0.311 e. The first kappa shape index (κ1) is 11.3. The number of carbonyl (C=O) groups excluding carboxylic acids is 2. The van der Waals surface area contributed by atoms with Crippen molar-refractivity contribution in [3.8, 4) is 0 Å². The van der Waals surface area contributed by atoms with Crippen molar-refractivity contribution in [1.82, 2.24) is 0 Å². The van der Waals surface area contributed by atoms with Crippen molar-refractivity contribution in [1.29, 1.82) is 0 Å². The number of rotatable bonds is 6. The summed E-state index contributed by atoms with van der Waals surface area (Å²) in [4.78, 5) is 25.9. The van der Waals surface area contributed by atoms with Crippen LogP contribution in [0.5, 0.6) is 0 Å². The molecule has 5 heteroatoms. The van der Waals surface area contributed by atoms with Crippen LogP contribution in [0.25, 0.3) is 0 Å². The summed E-state index contributed by atoms with van der Waals surface area (Å²) in [6.07, 6.45) is -3.94. The highest BCUT2D eigenvalue weighted by molar-refractivity contribution is 5.76. The van der Waals surface area contributed by atoms with Crippen molar-refractivity contribution in [2.75, 3.05) is 0 Å². The topological polar surface area (TPSA) is 72.8 Å². The summed E-state index contributed by atoms with van der Waals surface area (Å²) in [7, 11) is 0. The minimum atomic E-state index is -4.04. The zero-order chi connectivity index (χ0) is 33.1. The van der Waals surface area contributed by atoms with Crippen molar-refractivity contribution in [3.63, 3.8) is 0 Å². The predicted molar refractivity (Wildman–Crippen MR) is 115 cm³/mol. The number of allylic oxidation sites excluding steroid dienone is 3. The molecule has 1 N–H and O–H groups in total. The van der Waals surface area contributed by atoms with E-state index in [0.717, 1.165) is 0 Å². The Hall–Kier alpha value is -1.62. The Morgan fingerprint density at radius 1 is 1.40 bits per heavy atom. The van der Waals surface area contributed by atoms with E-state index in [1.165, 1.54) is 0 Å². The molecule has 0 aromatic rings. The van der Waals surface area contributed by atoms with Crippen LogP contribution >= 0.6 is 0 Å². The number of aliphatic hydroxyl groups excluding tert-OH is 1. The highest BCUT2D eigenvalue weighted by Gasteiger charge is 2.43. The first-order valence-corrected chi connectivity index (χ1v) is 10.3. The van der Waals surface area contributed by atoms with E-state index in [9.17, 15) is 14.7 Å². The Kier molecular flexibility index (Phi) is 3.49. The van der Waals surface area contributed by atoms with Crippen LogP contribution < -0.4 is 0 Å². The van der Waals surface area contributed by atoms with E-state index in [1.54, 1.807) is 6.92 Å². The third-order valence-corrected chi connectivity index (χ3v) is 6.21. The molecule has 1 aliphatic heterocycles. The van der Waals surface area contributed by atoms with Gasteiger partial charge in [0, 0.05) is 30.2 Å². The Morgan fingerprint density at radius 3 is 2.90 bits per heavy atom. The lowest BCUT2D eigenvalue weighted by Gasteiger charge is -2.44. The molecule has 7 atom stereocenters. The lowest BCUT2D eigenvalue weighted by molar-refractivity contribution is -0.166. The van der Waals surface area contributed by atoms with E-state index in [-0.39, 0.29) is 37.0 Å². The van der Waals surface area contributed by atoms with Crippen molar-refractivity contribution < 1.29 is 42.0 Å². The van der Waals surface area contributed by atoms with E-state index < -0.39 is 74.9 Å². The Morgan fingerprint density at radius 2 is 2.20 bits per heavy atom. The van der Waals surface area contributed by atoms with Crippen LogP contribution in [0.15, 0.2) is 23.8 Å². The van der Waals surface area contributed by atoms with Gasteiger partial charge in [0.1, 0.15) is 12.2 Å². The Balaban J connectivity index is 2.00. The molecule has 1 unspecified atom stereocenters. The molecule has 0 amide bonds. The normalized spacial score (nSPS) is 46.4. The van der Waals surface area contributed by atoms with E-state index >= 15 is 0 Å². The van der Waals surface area contributed by atoms with Crippen LogP contribution in [-0.2, 0) is 19.1 Å². The fourth-order valence-corrected chi connectivity index (χ4v) is 4.73. The number of hydrogen-bond donors (Lipinski definition) is 1. The van der Waals surface area contributed by atoms with Crippen LogP contribution in [0.4, 0.5) is 0 Å². The first-order valence-electron chi connectivity index (χ1n) is 16.8. The Bertz CT molecular complexity index is 1120. The van der Waals surface area contributed by atoms with E-state index in [0.29, 0.717) is 12.0 Å². The second kappa shape index (κ2) is 9.25. The highest BCUT2D eigenvalue weighted by atomic mass is 16.6. The fraction of sp³-hybridized carbons (Fsp3) is 0.760. The molecule has 3 aliphatic rings. The molecule has 2 aliphatic carbocycles. The van der Waals surface area contributed by atoms with Gasteiger partial charge in [-0.1, -0.05) is 38.9 Å². The van der Waals surface area contributed by atoms with Crippen LogP contribution in [0.1, 0.15) is 90.7 Å². The summed E-state index contributed by atoms with van der Waals surface area (Å²) in [5.41, 5.74) is -3.33. The summed E-state index contributed by atoms with van der Waals surface area (Å²) in [5.74, 6) is -4.53. The summed E-state index contributed by atoms with van der Waals surface area (Å²) in [6, 6.07) is 0. The molecule has 168 valence electrons. The quantitative estimate of drug-likeness (QED) is 0.623. The van der Waals surface area contributed by atoms with E-state index in [1.807, 2.05) is 25.2 Å². The number of carbonyl (C=O) groups is 2. The van der Waals surface area contributed by atoms with Gasteiger partial charge in [0.2, 0.25) is 0 Å². The summed E-state index contributed by atoms with van der Waals surface area (Å²) < 4.78 is 114. The van der Waals surface area contributed by atoms with Gasteiger partial charge in [-0.3, -0.25) is 9.59 Å². The third-order valence-electron chi connectivity index (χ3n) is 6.21. The summed E-state index contributed by atoms with van der Waals surface area (Å²) >= 11 is 0. The molecule has 1 saturated heterocycles. The third kappa shape index (κ3) is 5.16. The number of cyclic esters (lactones) is 1. The zero-order valence-electron chi connectivity index (χ0n) is 30.2. The van der Waals surface area contributed by atoms with Crippen molar-refractivity contribution in [2.45, 2.75) is 91.1 Å². The summed E-state index contributed by atoms with van der Waals surface area (Å²) in [5, 5.41) is 10.1. The standard InChI is InChI=1S/C25H38O5/c1-6-25(4,5)24(28)30-21-12-15(2)11-17-8-7-16(3)20(23(17)21)10-9-19-13-18(26)14-22(27)29-19/h7-8,11,15-16,18-21,23,26H,6,9-10,12-14H2,1-5H3/t15-,16-,18+,19?,20-,21-,23-/m0/s1/i1D3,4D3,5D3,6D2,14D2. The van der Waals surface area contributed by atoms with Gasteiger partial charge < -0.3 is 14.6 Å². The van der Waals surface area contributed by atoms with Gasteiger partial charge in [-0.15, -0.1) is 0 Å². The number of esters is 2. The minimum Gasteiger partial charge on any atom is -0.462 e. The van der Waals surface area contributed by atoms with Crippen molar-refractivity contribution in [2.24, 2.45) is 29.1 Å². The van der Waals surface area contributed by atoms with Crippen LogP contribution in [0.3, 0.4) is 0 Å². The van der Waals surface area contributed by atoms with Gasteiger partial charge in [0.15, 0.2) is 0 Å². The molecule has 1 fully saturated rings. The second-order valence-electron chi connectivity index (χ2n) is 8.61. The van der Waals surface area contributed by atoms with Crippen LogP contribution in [-0.4, -0.2) is 35.4 Å². The van der Waals surface area contributed by atoms with Gasteiger partial charge in [0.25, 0.3) is 0 Å². The molecule has 1 heterocycles. The summed E-state index contributed by atoms with van der Waals surface area (Å²) in [6.45, 7) is -8.03. The van der Waals surface area contributed by atoms with Gasteiger partial charge >= 0.3 is 11.9 Å². The fourth-order valence-electron chi connectivity index (χ4n) is 4.73. The Labute approximate surface area is 199 Å². The number of hydrogen-bond acceptors (Lipinski definition) is 5. The highest BCUT2D eigenvalue weighted by Crippen LogP contribution is 2.45. The number of aliphatic hydroxyl groups is 1. The van der Waals surface area contributed by atoms with Crippen LogP contribution in [0.2, 0.25) is 0 Å². The monoisotopic (exact) mass is 431 g/mol. The average molecular weight is 432 g/mol. The largest absolute Gasteiger partial charge is 0.462 e. The van der Waals surface area contributed by atoms with Gasteiger partial charge in [0.05, 0.1) is 17.9 Å². The van der Waals surface area contributed by atoms with Crippen LogP contribution in [0, 0.1) is 29.1 Å². The maximum atomic E-state index is 13.8. The molecule has 0 aromatic carbocycles. The molecule has 0 aromatic heterocycles. The first-order chi connectivity index (χ1) is 19.3. The molecule has 30 heavy (non-hydrogen) atoms. The molecule has 0 bridgehead atoms. The molecule has 0 saturated carbocycles. The molecular formula is C25H38O5. The van der Waals surface area contributed by atoms with E-state index in [4.69, 9.17) is 27.3 Å². The number of ether oxygens (including phenoxy) is 2. The lowest BCUT2D eigenvalue weighted by Crippen LogP contribution is -2.43. The smallest absolute Gasteiger partial charge is 0.311 e. The predicted octanol–water partition coefficient (Wildman–Crippen LogP) is 4.59. The van der Waals surface area contributed by atoms with E-state index in [2.05, 4.69) is 0 Å². The molecule has 0 radical (unpaired) electrons. The SMILES string of the molecule is [2H]C1([2H])C(=O)OC(CC[C@@H]2[C@@H]3C(=C[C@H](C)C[C@@H]3OC(=O)C(C([2H])([2H])[2H])(C([2H])([2H])[2H])C([2H])([2H])C([2H])([2H])[2H])C=C[C@@H]2C)C[C@H]1O. The van der Waals surface area contributed by atoms with Gasteiger partial charge in [-0.05, 0) is 62.7 Å². The zero-order valence-corrected chi connectivity index (χ0v) is 17.2.